The molecule has 0 aromatic heterocycles. The highest BCUT2D eigenvalue weighted by Crippen LogP contribution is 2.19. The molecule has 3 nitrogen and oxygen atoms in total. The third kappa shape index (κ3) is 1.37. The second kappa shape index (κ2) is 2.81. The fourth-order valence-corrected chi connectivity index (χ4v) is 0.887. The van der Waals surface area contributed by atoms with Crippen LogP contribution in [0.5, 0.6) is 5.75 Å². The average Bonchev–Trinajstić information content (AvgIpc) is 1.96. The van der Waals surface area contributed by atoms with Gasteiger partial charge in [-0.15, -0.1) is 0 Å². The van der Waals surface area contributed by atoms with Gasteiger partial charge < -0.3 is 10.2 Å². The predicted octanol–water partition coefficient (Wildman–Crippen LogP) is 1.54. The van der Waals surface area contributed by atoms with Gasteiger partial charge in [0.15, 0.2) is 0 Å². The predicted molar refractivity (Wildman–Crippen MR) is 39.8 cm³/mol. The van der Waals surface area contributed by atoms with Crippen LogP contribution in [0.2, 0.25) is 0 Å². The monoisotopic (exact) mass is 170 g/mol. The molecule has 0 bridgehead atoms. The minimum absolute atomic E-state index is 0.0281. The summed E-state index contributed by atoms with van der Waals surface area (Å²) in [5.74, 6) is -2.34. The molecule has 1 aromatic carbocycles. The Hall–Kier alpha value is -1.58. The van der Waals surface area contributed by atoms with Gasteiger partial charge in [-0.05, 0) is 18.6 Å². The van der Waals surface area contributed by atoms with Crippen LogP contribution in [0.3, 0.4) is 0 Å². The molecule has 0 aliphatic heterocycles. The van der Waals surface area contributed by atoms with E-state index in [9.17, 15) is 9.18 Å². The number of hydrogen-bond donors (Lipinski definition) is 2. The smallest absolute Gasteiger partial charge is 0.336 e. The molecule has 2 N–H and O–H groups in total. The van der Waals surface area contributed by atoms with E-state index in [0.29, 0.717) is 0 Å². The highest BCUT2D eigenvalue weighted by molar-refractivity contribution is 5.89. The number of carboxylic acid groups (broad SMARTS) is 1. The van der Waals surface area contributed by atoms with Crippen molar-refractivity contribution >= 4 is 5.97 Å². The van der Waals surface area contributed by atoms with Crippen LogP contribution in [0, 0.1) is 12.7 Å². The summed E-state index contributed by atoms with van der Waals surface area (Å²) in [7, 11) is 0. The SMILES string of the molecule is Cc1c(F)cc(O)cc1C(=O)O. The zero-order valence-corrected chi connectivity index (χ0v) is 6.34. The number of hydrogen-bond acceptors (Lipinski definition) is 2. The van der Waals surface area contributed by atoms with E-state index in [0.717, 1.165) is 12.1 Å². The summed E-state index contributed by atoms with van der Waals surface area (Å²) in [6, 6.07) is 1.89. The first kappa shape index (κ1) is 8.52. The second-order valence-electron chi connectivity index (χ2n) is 2.41. The largest absolute Gasteiger partial charge is 0.508 e. The van der Waals surface area contributed by atoms with Crippen molar-refractivity contribution in [2.24, 2.45) is 0 Å². The van der Waals surface area contributed by atoms with Crippen LogP contribution < -0.4 is 0 Å². The van der Waals surface area contributed by atoms with Gasteiger partial charge in [0, 0.05) is 6.07 Å². The fourth-order valence-electron chi connectivity index (χ4n) is 0.887. The number of carbonyl (C=O) groups is 1. The van der Waals surface area contributed by atoms with Gasteiger partial charge in [-0.25, -0.2) is 9.18 Å². The van der Waals surface area contributed by atoms with Crippen molar-refractivity contribution < 1.29 is 19.4 Å². The van der Waals surface area contributed by atoms with E-state index in [2.05, 4.69) is 0 Å². The molecule has 1 rings (SSSR count). The van der Waals surface area contributed by atoms with Crippen molar-refractivity contribution in [2.75, 3.05) is 0 Å². The molecule has 12 heavy (non-hydrogen) atoms. The summed E-state index contributed by atoms with van der Waals surface area (Å²) in [4.78, 5) is 10.4. The molecule has 4 heteroatoms. The first-order valence-corrected chi connectivity index (χ1v) is 3.25. The molecule has 0 radical (unpaired) electrons. The number of benzene rings is 1. The van der Waals surface area contributed by atoms with Crippen molar-refractivity contribution in [3.63, 3.8) is 0 Å². The summed E-state index contributed by atoms with van der Waals surface area (Å²) in [5.41, 5.74) is -0.187. The first-order valence-electron chi connectivity index (χ1n) is 3.25. The second-order valence-corrected chi connectivity index (χ2v) is 2.41. The standard InChI is InChI=1S/C8H7FO3/c1-4-6(8(11)12)2-5(10)3-7(4)9/h2-3,10H,1H3,(H,11,12). The van der Waals surface area contributed by atoms with Gasteiger partial charge in [-0.2, -0.15) is 0 Å². The van der Waals surface area contributed by atoms with Crippen molar-refractivity contribution in [2.45, 2.75) is 6.92 Å². The lowest BCUT2D eigenvalue weighted by Crippen LogP contribution is -2.01. The summed E-state index contributed by atoms with van der Waals surface area (Å²) < 4.78 is 12.8. The van der Waals surface area contributed by atoms with Gasteiger partial charge >= 0.3 is 5.97 Å². The van der Waals surface area contributed by atoms with E-state index in [1.54, 1.807) is 0 Å². The zero-order chi connectivity index (χ0) is 9.30. The first-order chi connectivity index (χ1) is 5.52. The third-order valence-electron chi connectivity index (χ3n) is 1.56. The highest BCUT2D eigenvalue weighted by Gasteiger charge is 2.11. The number of aromatic carboxylic acids is 1. The van der Waals surface area contributed by atoms with Crippen LogP contribution >= 0.6 is 0 Å². The Kier molecular flexibility index (Phi) is 1.99. The van der Waals surface area contributed by atoms with E-state index in [4.69, 9.17) is 10.2 Å². The van der Waals surface area contributed by atoms with Crippen LogP contribution in [0.15, 0.2) is 12.1 Å². The molecule has 0 aliphatic carbocycles. The molecule has 0 atom stereocenters. The van der Waals surface area contributed by atoms with Gasteiger partial charge in [0.25, 0.3) is 0 Å². The molecule has 1 aromatic rings. The minimum atomic E-state index is -1.25. The molecule has 0 amide bonds. The van der Waals surface area contributed by atoms with Crippen LogP contribution in [0.4, 0.5) is 4.39 Å². The number of aromatic hydroxyl groups is 1. The van der Waals surface area contributed by atoms with Gasteiger partial charge in [-0.1, -0.05) is 0 Å². The van der Waals surface area contributed by atoms with E-state index in [1.165, 1.54) is 6.92 Å². The lowest BCUT2D eigenvalue weighted by atomic mass is 10.1. The van der Waals surface area contributed by atoms with Crippen molar-refractivity contribution in [1.82, 2.24) is 0 Å². The maximum Gasteiger partial charge on any atom is 0.336 e. The highest BCUT2D eigenvalue weighted by atomic mass is 19.1. The van der Waals surface area contributed by atoms with Crippen molar-refractivity contribution in [1.29, 1.82) is 0 Å². The molecule has 0 aliphatic rings. The molecule has 0 saturated heterocycles. The molecule has 0 heterocycles. The Morgan fingerprint density at radius 3 is 2.58 bits per heavy atom. The van der Waals surface area contributed by atoms with Crippen LogP contribution in [-0.4, -0.2) is 16.2 Å². The number of halogens is 1. The Balaban J connectivity index is 3.37. The lowest BCUT2D eigenvalue weighted by molar-refractivity contribution is 0.0695. The van der Waals surface area contributed by atoms with Crippen LogP contribution in [0.1, 0.15) is 15.9 Å². The zero-order valence-electron chi connectivity index (χ0n) is 6.34. The van der Waals surface area contributed by atoms with Crippen molar-refractivity contribution in [3.8, 4) is 5.75 Å². The van der Waals surface area contributed by atoms with Gasteiger partial charge in [0.1, 0.15) is 11.6 Å². The van der Waals surface area contributed by atoms with Gasteiger partial charge in [0.05, 0.1) is 5.56 Å². The summed E-state index contributed by atoms with van der Waals surface area (Å²) >= 11 is 0. The molecule has 0 spiro atoms. The van der Waals surface area contributed by atoms with Gasteiger partial charge in [0.2, 0.25) is 0 Å². The average molecular weight is 170 g/mol. The molecule has 0 unspecified atom stereocenters. The lowest BCUT2D eigenvalue weighted by Gasteiger charge is -2.02. The summed E-state index contributed by atoms with van der Waals surface area (Å²) in [6.45, 7) is 1.35. The molecular formula is C8H7FO3. The molecule has 64 valence electrons. The summed E-state index contributed by atoms with van der Waals surface area (Å²) in [5, 5.41) is 17.4. The van der Waals surface area contributed by atoms with Crippen LogP contribution in [0.25, 0.3) is 0 Å². The van der Waals surface area contributed by atoms with E-state index >= 15 is 0 Å². The number of rotatable bonds is 1. The van der Waals surface area contributed by atoms with Gasteiger partial charge in [-0.3, -0.25) is 0 Å². The van der Waals surface area contributed by atoms with E-state index in [-0.39, 0.29) is 16.9 Å². The maximum absolute atomic E-state index is 12.8. The number of carboxylic acids is 1. The van der Waals surface area contributed by atoms with E-state index < -0.39 is 11.8 Å². The number of phenolic OH excluding ortho intramolecular Hbond substituents is 1. The Morgan fingerprint density at radius 2 is 2.08 bits per heavy atom. The minimum Gasteiger partial charge on any atom is -0.508 e. The Labute approximate surface area is 68.1 Å². The molecule has 0 fully saturated rings. The summed E-state index contributed by atoms with van der Waals surface area (Å²) in [6.07, 6.45) is 0. The Morgan fingerprint density at radius 1 is 1.50 bits per heavy atom. The van der Waals surface area contributed by atoms with Crippen LogP contribution in [-0.2, 0) is 0 Å². The number of phenols is 1. The quantitative estimate of drug-likeness (QED) is 0.672. The molecular weight excluding hydrogens is 163 g/mol. The topological polar surface area (TPSA) is 57.5 Å². The maximum atomic E-state index is 12.8. The fraction of sp³-hybridized carbons (Fsp3) is 0.125. The van der Waals surface area contributed by atoms with E-state index in [1.807, 2.05) is 0 Å². The Bertz CT molecular complexity index is 333. The third-order valence-corrected chi connectivity index (χ3v) is 1.56. The van der Waals surface area contributed by atoms with Crippen molar-refractivity contribution in [3.05, 3.63) is 29.1 Å². The normalized spacial score (nSPS) is 9.83. The molecule has 0 saturated carbocycles.